The number of nitrogens with zero attached hydrogens (tertiary/aromatic N) is 1. The molecule has 4 nitrogen and oxygen atoms in total. The van der Waals surface area contributed by atoms with Crippen LogP contribution in [-0.2, 0) is 23.9 Å². The molecule has 1 aliphatic heterocycles. The van der Waals surface area contributed by atoms with Crippen molar-refractivity contribution in [1.82, 2.24) is 10.2 Å². The lowest BCUT2D eigenvalue weighted by Crippen LogP contribution is -2.47. The number of halogens is 3. The first-order valence-electron chi connectivity index (χ1n) is 9.12. The van der Waals surface area contributed by atoms with E-state index in [-0.39, 0.29) is 12.1 Å². The second-order valence-corrected chi connectivity index (χ2v) is 7.00. The predicted molar refractivity (Wildman–Crippen MR) is 101 cm³/mol. The Balaban J connectivity index is 1.78. The Hall–Kier alpha value is -2.54. The van der Waals surface area contributed by atoms with Gasteiger partial charge in [-0.15, -0.1) is 0 Å². The van der Waals surface area contributed by atoms with Crippen LogP contribution in [0.4, 0.5) is 18.0 Å². The first-order chi connectivity index (χ1) is 13.3. The van der Waals surface area contributed by atoms with Crippen LogP contribution < -0.4 is 5.32 Å². The molecule has 1 atom stereocenters. The molecule has 150 valence electrons. The van der Waals surface area contributed by atoms with E-state index in [0.717, 1.165) is 34.4 Å². The maximum absolute atomic E-state index is 12.8. The summed E-state index contributed by atoms with van der Waals surface area (Å²) in [6.45, 7) is 3.34. The van der Waals surface area contributed by atoms with E-state index in [1.165, 1.54) is 12.1 Å². The number of ether oxygens (including phenoxy) is 1. The molecular weight excluding hydrogens is 369 g/mol. The number of methoxy groups -OCH3 is 1. The van der Waals surface area contributed by atoms with Crippen molar-refractivity contribution >= 4 is 6.03 Å². The van der Waals surface area contributed by atoms with Crippen molar-refractivity contribution in [3.05, 3.63) is 59.2 Å². The van der Waals surface area contributed by atoms with Crippen LogP contribution in [0.15, 0.2) is 42.5 Å². The van der Waals surface area contributed by atoms with Gasteiger partial charge in [-0.05, 0) is 47.7 Å². The Kier molecular flexibility index (Phi) is 5.93. The van der Waals surface area contributed by atoms with Crippen LogP contribution in [0.3, 0.4) is 0 Å². The number of nitrogens with one attached hydrogen (secondary N) is 1. The van der Waals surface area contributed by atoms with Gasteiger partial charge in [0.2, 0.25) is 0 Å². The monoisotopic (exact) mass is 392 g/mol. The summed E-state index contributed by atoms with van der Waals surface area (Å²) in [5.74, 6) is 0. The summed E-state index contributed by atoms with van der Waals surface area (Å²) in [5, 5.41) is 2.90. The van der Waals surface area contributed by atoms with Gasteiger partial charge in [-0.2, -0.15) is 13.2 Å². The minimum atomic E-state index is -4.34. The van der Waals surface area contributed by atoms with E-state index < -0.39 is 11.7 Å². The lowest BCUT2D eigenvalue weighted by Gasteiger charge is -2.31. The van der Waals surface area contributed by atoms with Gasteiger partial charge < -0.3 is 15.0 Å². The highest BCUT2D eigenvalue weighted by Gasteiger charge is 2.30. The molecule has 2 aromatic rings. The maximum Gasteiger partial charge on any atom is 0.416 e. The van der Waals surface area contributed by atoms with Gasteiger partial charge in [0.15, 0.2) is 0 Å². The largest absolute Gasteiger partial charge is 0.416 e. The van der Waals surface area contributed by atoms with E-state index in [1.54, 1.807) is 12.0 Å². The third-order valence-corrected chi connectivity index (χ3v) is 4.86. The van der Waals surface area contributed by atoms with Gasteiger partial charge in [0.25, 0.3) is 0 Å². The van der Waals surface area contributed by atoms with Gasteiger partial charge in [-0.25, -0.2) is 4.79 Å². The lowest BCUT2D eigenvalue weighted by molar-refractivity contribution is -0.137. The van der Waals surface area contributed by atoms with E-state index >= 15 is 0 Å². The molecule has 2 amide bonds. The molecule has 0 spiro atoms. The van der Waals surface area contributed by atoms with Gasteiger partial charge >= 0.3 is 12.2 Å². The number of urea groups is 1. The Bertz CT molecular complexity index is 835. The number of benzene rings is 2. The highest BCUT2D eigenvalue weighted by atomic mass is 19.4. The van der Waals surface area contributed by atoms with Gasteiger partial charge in [0.05, 0.1) is 18.2 Å². The zero-order chi connectivity index (χ0) is 20.3. The van der Waals surface area contributed by atoms with Crippen molar-refractivity contribution in [3.8, 4) is 11.1 Å². The van der Waals surface area contributed by atoms with Crippen LogP contribution in [0.5, 0.6) is 0 Å². The maximum atomic E-state index is 12.8. The molecule has 7 heteroatoms. The van der Waals surface area contributed by atoms with Gasteiger partial charge in [0.1, 0.15) is 0 Å². The molecule has 1 aliphatic rings. The van der Waals surface area contributed by atoms with E-state index in [0.29, 0.717) is 26.1 Å². The normalized spacial score (nSPS) is 15.1. The van der Waals surface area contributed by atoms with Crippen LogP contribution >= 0.6 is 0 Å². The standard InChI is InChI=1S/C21H23F3N2O2/c1-14(13-28-2)25-20(27)26-11-10-19-16(12-26)4-3-5-18(19)15-6-8-17(9-7-15)21(22,23)24/h3-9,14H,10-13H2,1-2H3,(H,25,27). The Morgan fingerprint density at radius 3 is 2.57 bits per heavy atom. The molecule has 0 aliphatic carbocycles. The number of carbonyl (C=O) groups is 1. The molecule has 3 rings (SSSR count). The van der Waals surface area contributed by atoms with E-state index in [1.807, 2.05) is 25.1 Å². The molecule has 0 fully saturated rings. The first kappa shape index (κ1) is 20.2. The van der Waals surface area contributed by atoms with Gasteiger partial charge in [0, 0.05) is 20.2 Å². The number of fused-ring (bicyclic) bond motifs is 1. The minimum absolute atomic E-state index is 0.0858. The SMILES string of the molecule is COCC(C)NC(=O)N1CCc2c(cccc2-c2ccc(C(F)(F)F)cc2)C1. The fraction of sp³-hybridized carbons (Fsp3) is 0.381. The van der Waals surface area contributed by atoms with E-state index in [4.69, 9.17) is 4.74 Å². The summed E-state index contributed by atoms with van der Waals surface area (Å²) in [5.41, 5.74) is 3.10. The van der Waals surface area contributed by atoms with Crippen molar-refractivity contribution < 1.29 is 22.7 Å². The second-order valence-electron chi connectivity index (χ2n) is 7.00. The zero-order valence-electron chi connectivity index (χ0n) is 15.8. The molecule has 0 bridgehead atoms. The molecule has 1 N–H and O–H groups in total. The Morgan fingerprint density at radius 2 is 1.93 bits per heavy atom. The number of hydrogen-bond donors (Lipinski definition) is 1. The third-order valence-electron chi connectivity index (χ3n) is 4.86. The van der Waals surface area contributed by atoms with Crippen molar-refractivity contribution in [3.63, 3.8) is 0 Å². The van der Waals surface area contributed by atoms with Crippen LogP contribution in [-0.4, -0.2) is 37.2 Å². The second kappa shape index (κ2) is 8.22. The molecule has 28 heavy (non-hydrogen) atoms. The lowest BCUT2D eigenvalue weighted by atomic mass is 9.90. The smallest absolute Gasteiger partial charge is 0.383 e. The topological polar surface area (TPSA) is 41.6 Å². The minimum Gasteiger partial charge on any atom is -0.383 e. The first-order valence-corrected chi connectivity index (χ1v) is 9.12. The van der Waals surface area contributed by atoms with Gasteiger partial charge in [-0.3, -0.25) is 0 Å². The fourth-order valence-corrected chi connectivity index (χ4v) is 3.49. The molecule has 1 unspecified atom stereocenters. The predicted octanol–water partition coefficient (Wildman–Crippen LogP) is 4.48. The molecule has 0 radical (unpaired) electrons. The molecule has 2 aromatic carbocycles. The van der Waals surface area contributed by atoms with Crippen LogP contribution in [0.2, 0.25) is 0 Å². The van der Waals surface area contributed by atoms with Gasteiger partial charge in [-0.1, -0.05) is 30.3 Å². The summed E-state index contributed by atoms with van der Waals surface area (Å²) in [6, 6.07) is 10.7. The quantitative estimate of drug-likeness (QED) is 0.834. The van der Waals surface area contributed by atoms with E-state index in [9.17, 15) is 18.0 Å². The van der Waals surface area contributed by atoms with E-state index in [2.05, 4.69) is 5.32 Å². The van der Waals surface area contributed by atoms with Crippen molar-refractivity contribution in [2.24, 2.45) is 0 Å². The summed E-state index contributed by atoms with van der Waals surface area (Å²) in [4.78, 5) is 14.2. The van der Waals surface area contributed by atoms with Crippen molar-refractivity contribution in [2.45, 2.75) is 32.1 Å². The molecule has 0 saturated heterocycles. The number of rotatable bonds is 4. The third kappa shape index (κ3) is 4.47. The van der Waals surface area contributed by atoms with Crippen LogP contribution in [0, 0.1) is 0 Å². The molecule has 0 saturated carbocycles. The average molecular weight is 392 g/mol. The Labute approximate surface area is 162 Å². The summed E-state index contributed by atoms with van der Waals surface area (Å²) < 4.78 is 43.4. The number of alkyl halides is 3. The van der Waals surface area contributed by atoms with Crippen molar-refractivity contribution in [1.29, 1.82) is 0 Å². The summed E-state index contributed by atoms with van der Waals surface area (Å²) >= 11 is 0. The number of carbonyl (C=O) groups excluding carboxylic acids is 1. The summed E-state index contributed by atoms with van der Waals surface area (Å²) in [6.07, 6.45) is -3.69. The highest BCUT2D eigenvalue weighted by Crippen LogP contribution is 2.34. The number of hydrogen-bond acceptors (Lipinski definition) is 2. The zero-order valence-corrected chi connectivity index (χ0v) is 15.8. The molecule has 0 aromatic heterocycles. The molecular formula is C21H23F3N2O2. The number of amides is 2. The fourth-order valence-electron chi connectivity index (χ4n) is 3.49. The average Bonchev–Trinajstić information content (AvgIpc) is 2.66. The van der Waals surface area contributed by atoms with Crippen molar-refractivity contribution in [2.75, 3.05) is 20.3 Å². The van der Waals surface area contributed by atoms with Crippen LogP contribution in [0.25, 0.3) is 11.1 Å². The molecule has 1 heterocycles. The summed E-state index contributed by atoms with van der Waals surface area (Å²) in [7, 11) is 1.59. The highest BCUT2D eigenvalue weighted by molar-refractivity contribution is 5.76. The van der Waals surface area contributed by atoms with Crippen LogP contribution in [0.1, 0.15) is 23.6 Å². The Morgan fingerprint density at radius 1 is 1.21 bits per heavy atom.